The Balaban J connectivity index is 1.68. The minimum atomic E-state index is -0.413. The van der Waals surface area contributed by atoms with Crippen molar-refractivity contribution in [1.29, 1.82) is 5.26 Å². The van der Waals surface area contributed by atoms with E-state index in [1.54, 1.807) is 6.08 Å². The third-order valence-electron chi connectivity index (χ3n) is 5.20. The molecule has 1 amide bonds. The van der Waals surface area contributed by atoms with E-state index in [2.05, 4.69) is 53.2 Å². The van der Waals surface area contributed by atoms with Gasteiger partial charge in [0.25, 0.3) is 5.91 Å². The predicted molar refractivity (Wildman–Crippen MR) is 126 cm³/mol. The largest absolute Gasteiger partial charge is 0.342 e. The Kier molecular flexibility index (Phi) is 5.68. The molecule has 4 nitrogen and oxygen atoms in total. The second kappa shape index (κ2) is 8.73. The Hall–Kier alpha value is -4.10. The molecule has 0 fully saturated rings. The van der Waals surface area contributed by atoms with E-state index < -0.39 is 5.91 Å². The van der Waals surface area contributed by atoms with Gasteiger partial charge in [-0.2, -0.15) is 5.26 Å². The van der Waals surface area contributed by atoms with Gasteiger partial charge in [-0.05, 0) is 49.2 Å². The molecule has 0 radical (unpaired) electrons. The summed E-state index contributed by atoms with van der Waals surface area (Å²) in [6, 6.07) is 26.0. The maximum atomic E-state index is 12.7. The summed E-state index contributed by atoms with van der Waals surface area (Å²) in [5.41, 5.74) is 6.11. The lowest BCUT2D eigenvalue weighted by atomic mass is 10.1. The molecule has 0 saturated carbocycles. The van der Waals surface area contributed by atoms with Crippen LogP contribution in [0, 0.1) is 25.2 Å². The molecule has 0 atom stereocenters. The van der Waals surface area contributed by atoms with E-state index >= 15 is 0 Å². The number of nitrogens with zero attached hydrogens (tertiary/aromatic N) is 2. The first kappa shape index (κ1) is 20.2. The molecule has 0 unspecified atom stereocenters. The molecule has 0 aliphatic rings. The van der Waals surface area contributed by atoms with Crippen molar-refractivity contribution < 1.29 is 4.79 Å². The lowest BCUT2D eigenvalue weighted by Crippen LogP contribution is -2.13. The van der Waals surface area contributed by atoms with Gasteiger partial charge in [0.1, 0.15) is 11.6 Å². The van der Waals surface area contributed by atoms with Crippen molar-refractivity contribution in [2.24, 2.45) is 0 Å². The summed E-state index contributed by atoms with van der Waals surface area (Å²) in [6.45, 7) is 4.75. The van der Waals surface area contributed by atoms with Gasteiger partial charge in [-0.1, -0.05) is 60.2 Å². The molecule has 0 bridgehead atoms. The normalized spacial score (nSPS) is 11.3. The van der Waals surface area contributed by atoms with Crippen molar-refractivity contribution in [3.05, 3.63) is 107 Å². The molecule has 3 aromatic carbocycles. The first-order chi connectivity index (χ1) is 15.0. The van der Waals surface area contributed by atoms with Crippen molar-refractivity contribution in [3.63, 3.8) is 0 Å². The third-order valence-corrected chi connectivity index (χ3v) is 5.20. The number of anilines is 1. The van der Waals surface area contributed by atoms with E-state index in [9.17, 15) is 10.1 Å². The van der Waals surface area contributed by atoms with Gasteiger partial charge >= 0.3 is 0 Å². The van der Waals surface area contributed by atoms with Crippen molar-refractivity contribution in [2.45, 2.75) is 20.4 Å². The van der Waals surface area contributed by atoms with Crippen LogP contribution in [0.15, 0.2) is 84.6 Å². The van der Waals surface area contributed by atoms with Gasteiger partial charge in [0.15, 0.2) is 0 Å². The first-order valence-electron chi connectivity index (χ1n) is 10.2. The highest BCUT2D eigenvalue weighted by molar-refractivity contribution is 6.10. The van der Waals surface area contributed by atoms with E-state index in [1.807, 2.05) is 55.6 Å². The van der Waals surface area contributed by atoms with E-state index in [1.165, 1.54) is 11.1 Å². The summed E-state index contributed by atoms with van der Waals surface area (Å²) in [6.07, 6.45) is 3.67. The van der Waals surface area contributed by atoms with E-state index in [0.717, 1.165) is 22.0 Å². The second-order valence-corrected chi connectivity index (χ2v) is 7.71. The number of benzene rings is 3. The van der Waals surface area contributed by atoms with Gasteiger partial charge < -0.3 is 9.88 Å². The van der Waals surface area contributed by atoms with Crippen LogP contribution < -0.4 is 5.32 Å². The minimum absolute atomic E-state index is 0.0694. The van der Waals surface area contributed by atoms with Crippen molar-refractivity contribution in [3.8, 4) is 6.07 Å². The van der Waals surface area contributed by atoms with Gasteiger partial charge in [0, 0.05) is 34.9 Å². The lowest BCUT2D eigenvalue weighted by molar-refractivity contribution is -0.112. The number of carbonyl (C=O) groups excluding carboxylic acids is 1. The predicted octanol–water partition coefficient (Wildman–Crippen LogP) is 5.85. The molecule has 4 rings (SSSR count). The smallest absolute Gasteiger partial charge is 0.266 e. The summed E-state index contributed by atoms with van der Waals surface area (Å²) < 4.78 is 2.16. The number of aromatic nitrogens is 1. The molecular formula is C27H23N3O. The van der Waals surface area contributed by atoms with Crippen LogP contribution in [0.4, 0.5) is 5.69 Å². The zero-order chi connectivity index (χ0) is 21.8. The molecule has 31 heavy (non-hydrogen) atoms. The number of nitriles is 1. The zero-order valence-corrected chi connectivity index (χ0v) is 17.6. The fraction of sp³-hybridized carbons (Fsp3) is 0.111. The molecule has 4 aromatic rings. The summed E-state index contributed by atoms with van der Waals surface area (Å²) >= 11 is 0. The molecule has 0 aliphatic heterocycles. The maximum absolute atomic E-state index is 12.7. The van der Waals surface area contributed by atoms with Crippen LogP contribution in [0.25, 0.3) is 17.0 Å². The topological polar surface area (TPSA) is 57.8 Å². The first-order valence-corrected chi connectivity index (χ1v) is 10.2. The fourth-order valence-corrected chi connectivity index (χ4v) is 3.75. The van der Waals surface area contributed by atoms with Crippen molar-refractivity contribution >= 4 is 28.6 Å². The highest BCUT2D eigenvalue weighted by Crippen LogP contribution is 2.25. The van der Waals surface area contributed by atoms with Crippen LogP contribution in [-0.2, 0) is 11.3 Å². The number of aryl methyl sites for hydroxylation is 2. The molecule has 0 saturated heterocycles. The number of nitrogens with one attached hydrogen (secondary N) is 1. The van der Waals surface area contributed by atoms with Gasteiger partial charge in [0.05, 0.1) is 0 Å². The maximum Gasteiger partial charge on any atom is 0.266 e. The number of hydrogen-bond donors (Lipinski definition) is 1. The Morgan fingerprint density at radius 1 is 1.00 bits per heavy atom. The van der Waals surface area contributed by atoms with Crippen LogP contribution >= 0.6 is 0 Å². The Labute approximate surface area is 182 Å². The third kappa shape index (κ3) is 4.57. The molecule has 1 aromatic heterocycles. The van der Waals surface area contributed by atoms with E-state index in [4.69, 9.17) is 0 Å². The number of rotatable bonds is 5. The molecule has 1 heterocycles. The monoisotopic (exact) mass is 405 g/mol. The van der Waals surface area contributed by atoms with Crippen LogP contribution in [-0.4, -0.2) is 10.5 Å². The summed E-state index contributed by atoms with van der Waals surface area (Å²) in [5.74, 6) is -0.413. The minimum Gasteiger partial charge on any atom is -0.342 e. The van der Waals surface area contributed by atoms with Crippen LogP contribution in [0.3, 0.4) is 0 Å². The van der Waals surface area contributed by atoms with Gasteiger partial charge in [-0.3, -0.25) is 4.79 Å². The Morgan fingerprint density at radius 2 is 1.74 bits per heavy atom. The zero-order valence-electron chi connectivity index (χ0n) is 17.6. The highest BCUT2D eigenvalue weighted by Gasteiger charge is 2.13. The van der Waals surface area contributed by atoms with E-state index in [0.29, 0.717) is 12.2 Å². The number of amides is 1. The summed E-state index contributed by atoms with van der Waals surface area (Å²) in [4.78, 5) is 12.7. The highest BCUT2D eigenvalue weighted by atomic mass is 16.1. The molecule has 152 valence electrons. The standard InChI is InChI=1S/C27H23N3O/c1-19-7-5-9-21(13-19)17-30-18-23(25-11-3-4-12-26(25)30)15-22(16-28)27(31)29-24-10-6-8-20(2)14-24/h3-15,18H,17H2,1-2H3,(H,29,31)/b22-15-. The average Bonchev–Trinajstić information content (AvgIpc) is 3.09. The Bertz CT molecular complexity index is 1340. The fourth-order valence-electron chi connectivity index (χ4n) is 3.75. The lowest BCUT2D eigenvalue weighted by Gasteiger charge is -2.06. The average molecular weight is 406 g/mol. The quantitative estimate of drug-likeness (QED) is 0.334. The Morgan fingerprint density at radius 3 is 2.48 bits per heavy atom. The summed E-state index contributed by atoms with van der Waals surface area (Å²) in [5, 5.41) is 13.5. The molecular weight excluding hydrogens is 382 g/mol. The van der Waals surface area contributed by atoms with Crippen LogP contribution in [0.1, 0.15) is 22.3 Å². The number of para-hydroxylation sites is 1. The number of carbonyl (C=O) groups is 1. The van der Waals surface area contributed by atoms with Crippen LogP contribution in [0.5, 0.6) is 0 Å². The SMILES string of the molecule is Cc1cccc(Cn2cc(/C=C(/C#N)C(=O)Nc3cccc(C)c3)c3ccccc32)c1. The van der Waals surface area contributed by atoms with Crippen LogP contribution in [0.2, 0.25) is 0 Å². The summed E-state index contributed by atoms with van der Waals surface area (Å²) in [7, 11) is 0. The van der Waals surface area contributed by atoms with Crippen molar-refractivity contribution in [1.82, 2.24) is 4.57 Å². The molecule has 0 aliphatic carbocycles. The van der Waals surface area contributed by atoms with Gasteiger partial charge in [-0.25, -0.2) is 0 Å². The second-order valence-electron chi connectivity index (χ2n) is 7.71. The number of hydrogen-bond acceptors (Lipinski definition) is 2. The number of fused-ring (bicyclic) bond motifs is 1. The van der Waals surface area contributed by atoms with Crippen molar-refractivity contribution in [2.75, 3.05) is 5.32 Å². The van der Waals surface area contributed by atoms with Gasteiger partial charge in [-0.15, -0.1) is 0 Å². The molecule has 4 heteroatoms. The van der Waals surface area contributed by atoms with Gasteiger partial charge in [0.2, 0.25) is 0 Å². The molecule has 0 spiro atoms. The molecule has 1 N–H and O–H groups in total. The van der Waals surface area contributed by atoms with E-state index in [-0.39, 0.29) is 5.57 Å².